The number of primary amides is 1. The molecule has 24 heavy (non-hydrogen) atoms. The smallest absolute Gasteiger partial charge is 0.312 e. The highest BCUT2D eigenvalue weighted by molar-refractivity contribution is 5.91. The van der Waals surface area contributed by atoms with Crippen LogP contribution >= 0.6 is 0 Å². The van der Waals surface area contributed by atoms with E-state index in [4.69, 9.17) is 10.5 Å². The molecule has 0 aliphatic rings. The standard InChI is InChI=1S/C17H20N4O3/c1-11-4-3-5-12(8-11)14(21-17(18)23)9-15(22)20-13-6-7-16(24-2)19-10-13/h3-8,10,14H,9H2,1-2H3,(H,20,22)(H3,18,21,23)/t14-/m0/s1. The average molecular weight is 328 g/mol. The van der Waals surface area contributed by atoms with Gasteiger partial charge in [-0.3, -0.25) is 4.79 Å². The van der Waals surface area contributed by atoms with Gasteiger partial charge in [0, 0.05) is 6.07 Å². The van der Waals surface area contributed by atoms with Crippen molar-refractivity contribution in [3.63, 3.8) is 0 Å². The SMILES string of the molecule is COc1ccc(NC(=O)C[C@H](NC(N)=O)c2cccc(C)c2)cn1. The first-order chi connectivity index (χ1) is 11.5. The van der Waals surface area contributed by atoms with Gasteiger partial charge in [-0.1, -0.05) is 29.8 Å². The van der Waals surface area contributed by atoms with E-state index >= 15 is 0 Å². The summed E-state index contributed by atoms with van der Waals surface area (Å²) < 4.78 is 4.97. The van der Waals surface area contributed by atoms with Gasteiger partial charge in [-0.15, -0.1) is 0 Å². The summed E-state index contributed by atoms with van der Waals surface area (Å²) in [6.45, 7) is 1.94. The quantitative estimate of drug-likeness (QED) is 0.755. The normalized spacial score (nSPS) is 11.4. The topological polar surface area (TPSA) is 106 Å². The van der Waals surface area contributed by atoms with E-state index in [1.54, 1.807) is 12.1 Å². The van der Waals surface area contributed by atoms with E-state index in [1.165, 1.54) is 13.3 Å². The maximum Gasteiger partial charge on any atom is 0.312 e. The van der Waals surface area contributed by atoms with Gasteiger partial charge in [0.1, 0.15) is 0 Å². The minimum atomic E-state index is -0.680. The third kappa shape index (κ3) is 4.98. The Morgan fingerprint density at radius 2 is 2.08 bits per heavy atom. The molecule has 1 heterocycles. The van der Waals surface area contributed by atoms with Crippen molar-refractivity contribution in [2.75, 3.05) is 12.4 Å². The van der Waals surface area contributed by atoms with Crippen LogP contribution < -0.4 is 21.1 Å². The fourth-order valence-electron chi connectivity index (χ4n) is 2.28. The molecule has 1 atom stereocenters. The minimum absolute atomic E-state index is 0.0540. The molecule has 1 aromatic heterocycles. The predicted molar refractivity (Wildman–Crippen MR) is 90.7 cm³/mol. The molecule has 3 amide bonds. The van der Waals surface area contributed by atoms with Gasteiger partial charge in [0.25, 0.3) is 0 Å². The zero-order valence-electron chi connectivity index (χ0n) is 13.6. The molecule has 0 radical (unpaired) electrons. The highest BCUT2D eigenvalue weighted by Gasteiger charge is 2.18. The van der Waals surface area contributed by atoms with Gasteiger partial charge >= 0.3 is 6.03 Å². The van der Waals surface area contributed by atoms with Crippen LogP contribution in [0.4, 0.5) is 10.5 Å². The lowest BCUT2D eigenvalue weighted by Gasteiger charge is -2.18. The number of anilines is 1. The molecule has 0 fully saturated rings. The number of amides is 3. The van der Waals surface area contributed by atoms with E-state index in [2.05, 4.69) is 15.6 Å². The van der Waals surface area contributed by atoms with Gasteiger partial charge in [-0.25, -0.2) is 9.78 Å². The van der Waals surface area contributed by atoms with E-state index in [9.17, 15) is 9.59 Å². The molecule has 2 rings (SSSR count). The van der Waals surface area contributed by atoms with Crippen LogP contribution in [0.5, 0.6) is 5.88 Å². The number of carbonyl (C=O) groups excluding carboxylic acids is 2. The van der Waals surface area contributed by atoms with Crippen LogP contribution in [0.1, 0.15) is 23.6 Å². The van der Waals surface area contributed by atoms with E-state index < -0.39 is 12.1 Å². The van der Waals surface area contributed by atoms with Crippen molar-refractivity contribution < 1.29 is 14.3 Å². The molecule has 0 aliphatic carbocycles. The van der Waals surface area contributed by atoms with Crippen LogP contribution in [0.2, 0.25) is 0 Å². The molecule has 0 unspecified atom stereocenters. The second-order valence-electron chi connectivity index (χ2n) is 5.32. The number of ether oxygens (including phenoxy) is 1. The molecule has 4 N–H and O–H groups in total. The molecule has 7 heteroatoms. The third-order valence-corrected chi connectivity index (χ3v) is 3.38. The lowest BCUT2D eigenvalue weighted by molar-refractivity contribution is -0.116. The van der Waals surface area contributed by atoms with E-state index in [0.29, 0.717) is 11.6 Å². The monoisotopic (exact) mass is 328 g/mol. The number of nitrogens with one attached hydrogen (secondary N) is 2. The lowest BCUT2D eigenvalue weighted by Crippen LogP contribution is -2.35. The number of nitrogens with two attached hydrogens (primary N) is 1. The second kappa shape index (κ2) is 7.96. The number of aryl methyl sites for hydroxylation is 1. The van der Waals surface area contributed by atoms with Crippen LogP contribution in [-0.2, 0) is 4.79 Å². The largest absolute Gasteiger partial charge is 0.481 e. The lowest BCUT2D eigenvalue weighted by atomic mass is 10.0. The molecule has 126 valence electrons. The highest BCUT2D eigenvalue weighted by atomic mass is 16.5. The number of urea groups is 1. The van der Waals surface area contributed by atoms with Crippen LogP contribution in [0.3, 0.4) is 0 Å². The number of nitrogens with zero attached hydrogens (tertiary/aromatic N) is 1. The van der Waals surface area contributed by atoms with Crippen molar-refractivity contribution in [3.8, 4) is 5.88 Å². The number of pyridine rings is 1. The Hall–Kier alpha value is -3.09. The summed E-state index contributed by atoms with van der Waals surface area (Å²) in [6, 6.07) is 9.70. The summed E-state index contributed by atoms with van der Waals surface area (Å²) in [7, 11) is 1.52. The van der Waals surface area contributed by atoms with Gasteiger partial charge in [0.05, 0.1) is 31.5 Å². The molecule has 0 spiro atoms. The van der Waals surface area contributed by atoms with Gasteiger partial charge in [0.2, 0.25) is 11.8 Å². The molecule has 0 aliphatic heterocycles. The van der Waals surface area contributed by atoms with Gasteiger partial charge < -0.3 is 21.1 Å². The zero-order valence-corrected chi connectivity index (χ0v) is 13.6. The fourth-order valence-corrected chi connectivity index (χ4v) is 2.28. The third-order valence-electron chi connectivity index (χ3n) is 3.38. The Morgan fingerprint density at radius 3 is 2.67 bits per heavy atom. The first-order valence-electron chi connectivity index (χ1n) is 7.40. The number of benzene rings is 1. The van der Waals surface area contributed by atoms with Crippen molar-refractivity contribution in [1.82, 2.24) is 10.3 Å². The Bertz CT molecular complexity index is 716. The van der Waals surface area contributed by atoms with Crippen molar-refractivity contribution in [2.45, 2.75) is 19.4 Å². The minimum Gasteiger partial charge on any atom is -0.481 e. The molecular weight excluding hydrogens is 308 g/mol. The fraction of sp³-hybridized carbons (Fsp3) is 0.235. The maximum absolute atomic E-state index is 12.3. The van der Waals surface area contributed by atoms with Crippen molar-refractivity contribution >= 4 is 17.6 Å². The maximum atomic E-state index is 12.3. The number of hydrogen-bond acceptors (Lipinski definition) is 4. The number of carbonyl (C=O) groups is 2. The summed E-state index contributed by atoms with van der Waals surface area (Å²) >= 11 is 0. The van der Waals surface area contributed by atoms with Crippen molar-refractivity contribution in [1.29, 1.82) is 0 Å². The number of rotatable bonds is 6. The molecule has 7 nitrogen and oxygen atoms in total. The van der Waals surface area contributed by atoms with Crippen molar-refractivity contribution in [3.05, 3.63) is 53.7 Å². The zero-order chi connectivity index (χ0) is 17.5. The second-order valence-corrected chi connectivity index (χ2v) is 5.32. The summed E-state index contributed by atoms with van der Waals surface area (Å²) in [5, 5.41) is 5.33. The Labute approximate surface area is 140 Å². The van der Waals surface area contributed by atoms with Crippen LogP contribution in [0, 0.1) is 6.92 Å². The number of methoxy groups -OCH3 is 1. The summed E-state index contributed by atoms with van der Waals surface area (Å²) in [5.41, 5.74) is 7.62. The number of hydrogen-bond donors (Lipinski definition) is 3. The molecule has 2 aromatic rings. The summed E-state index contributed by atoms with van der Waals surface area (Å²) in [6.07, 6.45) is 1.55. The Balaban J connectivity index is 2.07. The van der Waals surface area contributed by atoms with Crippen LogP contribution in [-0.4, -0.2) is 24.0 Å². The molecule has 0 saturated carbocycles. The summed E-state index contributed by atoms with van der Waals surface area (Å²) in [4.78, 5) is 27.5. The van der Waals surface area contributed by atoms with Crippen molar-refractivity contribution in [2.24, 2.45) is 5.73 Å². The molecule has 0 saturated heterocycles. The van der Waals surface area contributed by atoms with E-state index in [1.807, 2.05) is 31.2 Å². The van der Waals surface area contributed by atoms with Gasteiger partial charge in [0.15, 0.2) is 0 Å². The van der Waals surface area contributed by atoms with Crippen LogP contribution in [0.25, 0.3) is 0 Å². The van der Waals surface area contributed by atoms with Gasteiger partial charge in [-0.05, 0) is 18.6 Å². The first kappa shape index (κ1) is 17.3. The van der Waals surface area contributed by atoms with E-state index in [0.717, 1.165) is 11.1 Å². The Kier molecular flexibility index (Phi) is 5.73. The predicted octanol–water partition coefficient (Wildman–Crippen LogP) is 2.14. The molecule has 0 bridgehead atoms. The van der Waals surface area contributed by atoms with E-state index in [-0.39, 0.29) is 12.3 Å². The number of aromatic nitrogens is 1. The first-order valence-corrected chi connectivity index (χ1v) is 7.40. The summed E-state index contributed by atoms with van der Waals surface area (Å²) in [5.74, 6) is 0.197. The van der Waals surface area contributed by atoms with Gasteiger partial charge in [-0.2, -0.15) is 0 Å². The molecule has 1 aromatic carbocycles. The molecular formula is C17H20N4O3. The highest BCUT2D eigenvalue weighted by Crippen LogP contribution is 2.19. The average Bonchev–Trinajstić information content (AvgIpc) is 2.54. The van der Waals surface area contributed by atoms with Crippen LogP contribution in [0.15, 0.2) is 42.6 Å². The Morgan fingerprint density at radius 1 is 1.29 bits per heavy atom.